The Morgan fingerprint density at radius 2 is 1.46 bits per heavy atom. The van der Waals surface area contributed by atoms with Crippen LogP contribution in [0, 0.1) is 0 Å². The van der Waals surface area contributed by atoms with Gasteiger partial charge in [-0.2, -0.15) is 0 Å². The van der Waals surface area contributed by atoms with Gasteiger partial charge in [0, 0.05) is 17.8 Å². The normalized spacial score (nSPS) is 10.3. The summed E-state index contributed by atoms with van der Waals surface area (Å²) in [7, 11) is 0. The molecule has 0 fully saturated rings. The first kappa shape index (κ1) is 19.5. The lowest BCUT2D eigenvalue weighted by Crippen LogP contribution is -2.35. The third-order valence-corrected chi connectivity index (χ3v) is 4.44. The predicted octanol–water partition coefficient (Wildman–Crippen LogP) is 4.24. The molecule has 0 heterocycles. The molecule has 3 rings (SSSR count). The molecular formula is C22H21N3O2S. The van der Waals surface area contributed by atoms with Crippen LogP contribution in [0.2, 0.25) is 0 Å². The molecule has 0 radical (unpaired) electrons. The predicted molar refractivity (Wildman–Crippen MR) is 117 cm³/mol. The van der Waals surface area contributed by atoms with Crippen LogP contribution in [-0.2, 0) is 16.0 Å². The maximum Gasteiger partial charge on any atom is 0.230 e. The SMILES string of the molecule is CCC(=O)Nc1ccc(NC(=S)NC(=O)Cc2cccc3ccccc23)cc1. The molecule has 3 aromatic rings. The fourth-order valence-corrected chi connectivity index (χ4v) is 3.07. The number of hydrogen-bond acceptors (Lipinski definition) is 3. The highest BCUT2D eigenvalue weighted by molar-refractivity contribution is 7.80. The van der Waals surface area contributed by atoms with Crippen molar-refractivity contribution in [2.45, 2.75) is 19.8 Å². The summed E-state index contributed by atoms with van der Waals surface area (Å²) in [6, 6.07) is 21.0. The second-order valence-corrected chi connectivity index (χ2v) is 6.70. The first-order valence-electron chi connectivity index (χ1n) is 9.02. The zero-order valence-corrected chi connectivity index (χ0v) is 16.3. The molecule has 0 saturated carbocycles. The number of benzene rings is 3. The third kappa shape index (κ3) is 5.14. The molecule has 0 aromatic heterocycles. The molecule has 0 saturated heterocycles. The van der Waals surface area contributed by atoms with Gasteiger partial charge in [-0.25, -0.2) is 0 Å². The second kappa shape index (κ2) is 9.10. The first-order chi connectivity index (χ1) is 13.5. The van der Waals surface area contributed by atoms with E-state index in [1.165, 1.54) is 0 Å². The van der Waals surface area contributed by atoms with Crippen LogP contribution in [0.15, 0.2) is 66.7 Å². The van der Waals surface area contributed by atoms with E-state index in [1.807, 2.05) is 42.5 Å². The van der Waals surface area contributed by atoms with E-state index in [1.54, 1.807) is 31.2 Å². The molecule has 3 aromatic carbocycles. The fraction of sp³-hybridized carbons (Fsp3) is 0.136. The minimum Gasteiger partial charge on any atom is -0.332 e. The van der Waals surface area contributed by atoms with Crippen LogP contribution >= 0.6 is 12.2 Å². The van der Waals surface area contributed by atoms with Crippen molar-refractivity contribution in [1.29, 1.82) is 0 Å². The Morgan fingerprint density at radius 3 is 2.18 bits per heavy atom. The van der Waals surface area contributed by atoms with E-state index in [2.05, 4.69) is 16.0 Å². The van der Waals surface area contributed by atoms with Gasteiger partial charge in [-0.3, -0.25) is 9.59 Å². The molecule has 2 amide bonds. The summed E-state index contributed by atoms with van der Waals surface area (Å²) in [6.45, 7) is 1.80. The number of rotatable bonds is 5. The molecule has 0 aliphatic carbocycles. The van der Waals surface area contributed by atoms with Crippen LogP contribution in [0.5, 0.6) is 0 Å². The minimum absolute atomic E-state index is 0.0445. The van der Waals surface area contributed by atoms with Gasteiger partial charge < -0.3 is 16.0 Å². The fourth-order valence-electron chi connectivity index (χ4n) is 2.84. The molecule has 0 unspecified atom stereocenters. The number of nitrogens with one attached hydrogen (secondary N) is 3. The highest BCUT2D eigenvalue weighted by atomic mass is 32.1. The molecule has 0 atom stereocenters. The van der Waals surface area contributed by atoms with Crippen LogP contribution in [0.4, 0.5) is 11.4 Å². The van der Waals surface area contributed by atoms with Gasteiger partial charge >= 0.3 is 0 Å². The van der Waals surface area contributed by atoms with E-state index in [4.69, 9.17) is 12.2 Å². The zero-order chi connectivity index (χ0) is 19.9. The minimum atomic E-state index is -0.180. The molecule has 0 aliphatic heterocycles. The zero-order valence-electron chi connectivity index (χ0n) is 15.5. The maximum atomic E-state index is 12.4. The topological polar surface area (TPSA) is 70.2 Å². The Balaban J connectivity index is 1.57. The first-order valence-corrected chi connectivity index (χ1v) is 9.43. The quantitative estimate of drug-likeness (QED) is 0.569. The summed E-state index contributed by atoms with van der Waals surface area (Å²) < 4.78 is 0. The molecule has 0 spiro atoms. The summed E-state index contributed by atoms with van der Waals surface area (Å²) in [6.07, 6.45) is 0.665. The van der Waals surface area contributed by atoms with Crippen molar-refractivity contribution in [3.05, 3.63) is 72.3 Å². The van der Waals surface area contributed by atoms with Crippen molar-refractivity contribution in [3.63, 3.8) is 0 Å². The summed E-state index contributed by atoms with van der Waals surface area (Å²) in [4.78, 5) is 23.8. The van der Waals surface area contributed by atoms with Gasteiger partial charge in [0.15, 0.2) is 5.11 Å². The highest BCUT2D eigenvalue weighted by Crippen LogP contribution is 2.19. The number of thiocarbonyl (C=S) groups is 1. The molecule has 6 heteroatoms. The number of amides is 2. The van der Waals surface area contributed by atoms with Crippen LogP contribution in [0.25, 0.3) is 10.8 Å². The van der Waals surface area contributed by atoms with E-state index in [0.717, 1.165) is 22.0 Å². The number of carbonyl (C=O) groups is 2. The van der Waals surface area contributed by atoms with Gasteiger partial charge in [-0.1, -0.05) is 49.4 Å². The average molecular weight is 391 g/mol. The van der Waals surface area contributed by atoms with Crippen LogP contribution in [0.3, 0.4) is 0 Å². The summed E-state index contributed by atoms with van der Waals surface area (Å²) >= 11 is 5.23. The van der Waals surface area contributed by atoms with Crippen molar-refractivity contribution in [3.8, 4) is 0 Å². The lowest BCUT2D eigenvalue weighted by Gasteiger charge is -2.11. The van der Waals surface area contributed by atoms with Gasteiger partial charge in [-0.15, -0.1) is 0 Å². The average Bonchev–Trinajstić information content (AvgIpc) is 2.69. The molecule has 5 nitrogen and oxygen atoms in total. The molecule has 28 heavy (non-hydrogen) atoms. The smallest absolute Gasteiger partial charge is 0.230 e. The Morgan fingerprint density at radius 1 is 0.821 bits per heavy atom. The van der Waals surface area contributed by atoms with E-state index in [9.17, 15) is 9.59 Å². The van der Waals surface area contributed by atoms with Crippen LogP contribution in [-0.4, -0.2) is 16.9 Å². The molecule has 0 bridgehead atoms. The number of anilines is 2. The van der Waals surface area contributed by atoms with Gasteiger partial charge in [0.25, 0.3) is 0 Å². The Hall–Kier alpha value is -3.25. The Kier molecular flexibility index (Phi) is 6.34. The Labute approximate surface area is 169 Å². The van der Waals surface area contributed by atoms with Crippen molar-refractivity contribution in [2.24, 2.45) is 0 Å². The van der Waals surface area contributed by atoms with Crippen LogP contribution < -0.4 is 16.0 Å². The number of hydrogen-bond donors (Lipinski definition) is 3. The lowest BCUT2D eigenvalue weighted by molar-refractivity contribution is -0.119. The molecule has 0 aliphatic rings. The largest absolute Gasteiger partial charge is 0.332 e. The van der Waals surface area contributed by atoms with Crippen LogP contribution in [0.1, 0.15) is 18.9 Å². The summed E-state index contributed by atoms with van der Waals surface area (Å²) in [5, 5.41) is 10.9. The summed E-state index contributed by atoms with van der Waals surface area (Å²) in [5.41, 5.74) is 2.39. The van der Waals surface area contributed by atoms with Crippen molar-refractivity contribution in [1.82, 2.24) is 5.32 Å². The van der Waals surface area contributed by atoms with E-state index in [0.29, 0.717) is 12.1 Å². The Bertz CT molecular complexity index is 1010. The number of carbonyl (C=O) groups excluding carboxylic acids is 2. The standard InChI is InChI=1S/C22H21N3O2S/c1-2-20(26)23-17-10-12-18(13-11-17)24-22(28)25-21(27)14-16-8-5-7-15-6-3-4-9-19(15)16/h3-13H,2,14H2,1H3,(H,23,26)(H2,24,25,27,28). The van der Waals surface area contributed by atoms with Gasteiger partial charge in [0.05, 0.1) is 6.42 Å². The van der Waals surface area contributed by atoms with Crippen molar-refractivity contribution < 1.29 is 9.59 Å². The third-order valence-electron chi connectivity index (χ3n) is 4.23. The van der Waals surface area contributed by atoms with E-state index in [-0.39, 0.29) is 23.3 Å². The van der Waals surface area contributed by atoms with Crippen molar-refractivity contribution >= 4 is 51.3 Å². The summed E-state index contributed by atoms with van der Waals surface area (Å²) in [5.74, 6) is -0.224. The number of fused-ring (bicyclic) bond motifs is 1. The van der Waals surface area contributed by atoms with Gasteiger partial charge in [-0.05, 0) is 52.8 Å². The van der Waals surface area contributed by atoms with E-state index >= 15 is 0 Å². The monoisotopic (exact) mass is 391 g/mol. The van der Waals surface area contributed by atoms with Crippen molar-refractivity contribution in [2.75, 3.05) is 10.6 Å². The lowest BCUT2D eigenvalue weighted by atomic mass is 10.0. The van der Waals surface area contributed by atoms with Gasteiger partial charge in [0.1, 0.15) is 0 Å². The molecule has 3 N–H and O–H groups in total. The second-order valence-electron chi connectivity index (χ2n) is 6.30. The molecular weight excluding hydrogens is 370 g/mol. The van der Waals surface area contributed by atoms with Gasteiger partial charge in [0.2, 0.25) is 11.8 Å². The maximum absolute atomic E-state index is 12.4. The highest BCUT2D eigenvalue weighted by Gasteiger charge is 2.09. The molecule has 142 valence electrons. The van der Waals surface area contributed by atoms with E-state index < -0.39 is 0 Å².